The van der Waals surface area contributed by atoms with Gasteiger partial charge < -0.3 is 0 Å². The standard InChI is InChI=1S/C25H20S/c1-19(20-11-5-2-6-12-20)26-25-18-23(21-13-7-3-8-14-21)17-24(25)22-15-9-4-10-16-22/h2-18,24H,1H2. The zero-order valence-corrected chi connectivity index (χ0v) is 15.3. The van der Waals surface area contributed by atoms with Gasteiger partial charge in [-0.25, -0.2) is 0 Å². The minimum absolute atomic E-state index is 0.275. The van der Waals surface area contributed by atoms with Gasteiger partial charge in [-0.3, -0.25) is 0 Å². The van der Waals surface area contributed by atoms with Gasteiger partial charge in [-0.1, -0.05) is 115 Å². The number of hydrogen-bond acceptors (Lipinski definition) is 1. The van der Waals surface area contributed by atoms with Crippen molar-refractivity contribution in [3.63, 3.8) is 0 Å². The summed E-state index contributed by atoms with van der Waals surface area (Å²) >= 11 is 1.78. The van der Waals surface area contributed by atoms with Crippen LogP contribution in [-0.4, -0.2) is 0 Å². The molecule has 126 valence electrons. The first-order valence-electron chi connectivity index (χ1n) is 8.77. The second kappa shape index (κ2) is 7.63. The molecule has 0 bridgehead atoms. The molecule has 1 aliphatic rings. The quantitative estimate of drug-likeness (QED) is 0.469. The highest BCUT2D eigenvalue weighted by Crippen LogP contribution is 2.46. The van der Waals surface area contributed by atoms with Crippen LogP contribution in [0.1, 0.15) is 22.6 Å². The fourth-order valence-electron chi connectivity index (χ4n) is 3.20. The predicted molar refractivity (Wildman–Crippen MR) is 115 cm³/mol. The number of rotatable bonds is 5. The van der Waals surface area contributed by atoms with E-state index in [9.17, 15) is 0 Å². The third-order valence-corrected chi connectivity index (χ3v) is 5.64. The Morgan fingerprint density at radius 1 is 0.731 bits per heavy atom. The minimum atomic E-state index is 0.275. The molecule has 0 spiro atoms. The Labute approximate surface area is 159 Å². The van der Waals surface area contributed by atoms with Gasteiger partial charge >= 0.3 is 0 Å². The molecule has 0 saturated carbocycles. The topological polar surface area (TPSA) is 0 Å². The van der Waals surface area contributed by atoms with Crippen LogP contribution in [0.3, 0.4) is 0 Å². The van der Waals surface area contributed by atoms with Gasteiger partial charge in [-0.15, -0.1) is 0 Å². The summed E-state index contributed by atoms with van der Waals surface area (Å²) in [5, 5.41) is 0. The Morgan fingerprint density at radius 2 is 1.31 bits per heavy atom. The van der Waals surface area contributed by atoms with E-state index >= 15 is 0 Å². The lowest BCUT2D eigenvalue weighted by atomic mass is 10.00. The van der Waals surface area contributed by atoms with E-state index in [0.717, 1.165) is 4.91 Å². The van der Waals surface area contributed by atoms with Gasteiger partial charge in [0.15, 0.2) is 0 Å². The van der Waals surface area contributed by atoms with Crippen LogP contribution in [0, 0.1) is 0 Å². The van der Waals surface area contributed by atoms with Gasteiger partial charge in [0.05, 0.1) is 0 Å². The number of hydrogen-bond donors (Lipinski definition) is 0. The second-order valence-corrected chi connectivity index (χ2v) is 7.48. The van der Waals surface area contributed by atoms with Gasteiger partial charge in [0.1, 0.15) is 0 Å². The van der Waals surface area contributed by atoms with Crippen molar-refractivity contribution in [3.8, 4) is 0 Å². The highest BCUT2D eigenvalue weighted by Gasteiger charge is 2.23. The van der Waals surface area contributed by atoms with Crippen LogP contribution in [0.25, 0.3) is 10.5 Å². The average Bonchev–Trinajstić information content (AvgIpc) is 3.14. The molecule has 0 amide bonds. The van der Waals surface area contributed by atoms with Gasteiger partial charge in [0.2, 0.25) is 0 Å². The van der Waals surface area contributed by atoms with Crippen molar-refractivity contribution in [1.29, 1.82) is 0 Å². The van der Waals surface area contributed by atoms with Crippen LogP contribution >= 0.6 is 11.8 Å². The monoisotopic (exact) mass is 352 g/mol. The summed E-state index contributed by atoms with van der Waals surface area (Å²) in [5.41, 5.74) is 5.04. The molecule has 3 aromatic rings. The number of benzene rings is 3. The second-order valence-electron chi connectivity index (χ2n) is 6.31. The molecule has 4 rings (SSSR count). The fourth-order valence-corrected chi connectivity index (χ4v) is 4.26. The predicted octanol–water partition coefficient (Wildman–Crippen LogP) is 7.16. The Bertz CT molecular complexity index is 951. The highest BCUT2D eigenvalue weighted by atomic mass is 32.2. The van der Waals surface area contributed by atoms with Crippen molar-refractivity contribution in [2.45, 2.75) is 5.92 Å². The zero-order valence-electron chi connectivity index (χ0n) is 14.5. The van der Waals surface area contributed by atoms with Crippen LogP contribution in [-0.2, 0) is 0 Å². The molecular weight excluding hydrogens is 332 g/mol. The first-order chi connectivity index (χ1) is 12.8. The summed E-state index contributed by atoms with van der Waals surface area (Å²) in [5.74, 6) is 0.275. The number of allylic oxidation sites excluding steroid dienone is 4. The summed E-state index contributed by atoms with van der Waals surface area (Å²) in [4.78, 5) is 2.41. The Balaban J connectivity index is 1.67. The molecule has 1 heteroatoms. The molecule has 0 fully saturated rings. The van der Waals surface area contributed by atoms with Crippen molar-refractivity contribution in [2.75, 3.05) is 0 Å². The molecule has 0 nitrogen and oxygen atoms in total. The van der Waals surface area contributed by atoms with Gasteiger partial charge in [-0.05, 0) is 28.3 Å². The van der Waals surface area contributed by atoms with E-state index in [1.807, 2.05) is 6.07 Å². The van der Waals surface area contributed by atoms with Crippen LogP contribution in [0.15, 0.2) is 115 Å². The third-order valence-electron chi connectivity index (χ3n) is 4.55. The highest BCUT2D eigenvalue weighted by molar-refractivity contribution is 8.11. The van der Waals surface area contributed by atoms with Gasteiger partial charge in [0, 0.05) is 15.7 Å². The van der Waals surface area contributed by atoms with E-state index < -0.39 is 0 Å². The van der Waals surface area contributed by atoms with Crippen molar-refractivity contribution >= 4 is 22.2 Å². The summed E-state index contributed by atoms with van der Waals surface area (Å²) in [6, 6.07) is 31.7. The third kappa shape index (κ3) is 3.58. The molecule has 0 radical (unpaired) electrons. The van der Waals surface area contributed by atoms with Crippen molar-refractivity contribution in [2.24, 2.45) is 0 Å². The summed E-state index contributed by atoms with van der Waals surface area (Å²) < 4.78 is 0. The maximum Gasteiger partial charge on any atom is 0.0342 e. The molecule has 1 aliphatic carbocycles. The molecule has 0 aromatic heterocycles. The molecule has 0 aliphatic heterocycles. The largest absolute Gasteiger partial charge is 0.0935 e. The van der Waals surface area contributed by atoms with E-state index in [2.05, 4.69) is 104 Å². The molecule has 0 saturated heterocycles. The maximum atomic E-state index is 4.31. The Morgan fingerprint density at radius 3 is 1.96 bits per heavy atom. The summed E-state index contributed by atoms with van der Waals surface area (Å²) in [6.45, 7) is 4.31. The normalized spacial score (nSPS) is 16.1. The molecule has 26 heavy (non-hydrogen) atoms. The molecule has 1 unspecified atom stereocenters. The Kier molecular flexibility index (Phi) is 4.90. The van der Waals surface area contributed by atoms with E-state index in [1.165, 1.54) is 27.2 Å². The first kappa shape index (κ1) is 16.7. The first-order valence-corrected chi connectivity index (χ1v) is 9.59. The minimum Gasteiger partial charge on any atom is -0.0935 e. The lowest BCUT2D eigenvalue weighted by Crippen LogP contribution is -1.94. The van der Waals surface area contributed by atoms with Crippen molar-refractivity contribution in [3.05, 3.63) is 131 Å². The van der Waals surface area contributed by atoms with E-state index in [-0.39, 0.29) is 5.92 Å². The smallest absolute Gasteiger partial charge is 0.0342 e. The van der Waals surface area contributed by atoms with Crippen LogP contribution in [0.2, 0.25) is 0 Å². The van der Waals surface area contributed by atoms with E-state index in [1.54, 1.807) is 11.8 Å². The van der Waals surface area contributed by atoms with E-state index in [4.69, 9.17) is 0 Å². The SMILES string of the molecule is C=C(SC1=CC(c2ccccc2)=CC1c1ccccc1)c1ccccc1. The molecule has 0 N–H and O–H groups in total. The van der Waals surface area contributed by atoms with Crippen LogP contribution in [0.4, 0.5) is 0 Å². The fraction of sp³-hybridized carbons (Fsp3) is 0.0400. The lowest BCUT2D eigenvalue weighted by Gasteiger charge is -2.15. The van der Waals surface area contributed by atoms with Crippen molar-refractivity contribution in [1.82, 2.24) is 0 Å². The summed E-state index contributed by atoms with van der Waals surface area (Å²) in [6.07, 6.45) is 4.68. The number of thioether (sulfide) groups is 1. The molecule has 1 atom stereocenters. The lowest BCUT2D eigenvalue weighted by molar-refractivity contribution is 1.09. The van der Waals surface area contributed by atoms with Crippen molar-refractivity contribution < 1.29 is 0 Å². The molecular formula is C25H20S. The Hall–Kier alpha value is -2.77. The van der Waals surface area contributed by atoms with Gasteiger partial charge in [-0.2, -0.15) is 0 Å². The zero-order chi connectivity index (χ0) is 17.8. The average molecular weight is 353 g/mol. The van der Waals surface area contributed by atoms with Crippen LogP contribution < -0.4 is 0 Å². The van der Waals surface area contributed by atoms with Crippen LogP contribution in [0.5, 0.6) is 0 Å². The molecule has 3 aromatic carbocycles. The van der Waals surface area contributed by atoms with E-state index in [0.29, 0.717) is 0 Å². The van der Waals surface area contributed by atoms with Gasteiger partial charge in [0.25, 0.3) is 0 Å². The maximum absolute atomic E-state index is 4.31. The summed E-state index contributed by atoms with van der Waals surface area (Å²) in [7, 11) is 0. The molecule has 0 heterocycles.